The molecule has 2 aromatic rings. The van der Waals surface area contributed by atoms with Crippen molar-refractivity contribution < 1.29 is 14.7 Å². The number of benzene rings is 2. The van der Waals surface area contributed by atoms with Crippen LogP contribution in [0.25, 0.3) is 0 Å². The summed E-state index contributed by atoms with van der Waals surface area (Å²) in [5.41, 5.74) is 8.13. The van der Waals surface area contributed by atoms with Gasteiger partial charge in [0, 0.05) is 29.1 Å². The molecule has 4 rings (SSSR count). The standard InChI is InChI=1S/C23H26N2O3/c1-22(2)19-13-16-17(5-4-6-18(16)26)23(22,3)11-12-25(19)21(28)15-9-7-14(8-10-15)20(24)27/h4-10,19,26H,11-13H2,1-3H3,(H2,24,27)/t19-,23+/m1/s1. The first-order valence-electron chi connectivity index (χ1n) is 9.69. The van der Waals surface area contributed by atoms with Gasteiger partial charge in [-0.3, -0.25) is 9.59 Å². The van der Waals surface area contributed by atoms with Crippen molar-refractivity contribution in [2.45, 2.75) is 45.1 Å². The second-order valence-electron chi connectivity index (χ2n) is 8.77. The highest BCUT2D eigenvalue weighted by atomic mass is 16.3. The van der Waals surface area contributed by atoms with Gasteiger partial charge in [0.15, 0.2) is 0 Å². The second-order valence-corrected chi connectivity index (χ2v) is 8.77. The zero-order chi connectivity index (χ0) is 20.3. The number of carbonyl (C=O) groups excluding carboxylic acids is 2. The van der Waals surface area contributed by atoms with E-state index in [0.29, 0.717) is 29.8 Å². The zero-order valence-electron chi connectivity index (χ0n) is 16.5. The van der Waals surface area contributed by atoms with E-state index in [1.165, 1.54) is 5.56 Å². The number of phenolic OH excluding ortho intramolecular Hbond substituents is 1. The molecule has 3 N–H and O–H groups in total. The average molecular weight is 378 g/mol. The smallest absolute Gasteiger partial charge is 0.254 e. The van der Waals surface area contributed by atoms with Crippen LogP contribution >= 0.6 is 0 Å². The maximum atomic E-state index is 13.3. The Labute approximate surface area is 165 Å². The Morgan fingerprint density at radius 1 is 1.07 bits per heavy atom. The predicted molar refractivity (Wildman–Crippen MR) is 107 cm³/mol. The molecule has 2 atom stereocenters. The molecule has 2 bridgehead atoms. The molecule has 2 aliphatic rings. The van der Waals surface area contributed by atoms with Crippen LogP contribution < -0.4 is 5.73 Å². The molecule has 1 fully saturated rings. The van der Waals surface area contributed by atoms with Crippen LogP contribution in [-0.4, -0.2) is 34.4 Å². The number of carbonyl (C=O) groups is 2. The van der Waals surface area contributed by atoms with E-state index in [-0.39, 0.29) is 22.8 Å². The summed E-state index contributed by atoms with van der Waals surface area (Å²) in [6, 6.07) is 12.3. The molecule has 0 radical (unpaired) electrons. The van der Waals surface area contributed by atoms with Gasteiger partial charge in [0.05, 0.1) is 0 Å². The largest absolute Gasteiger partial charge is 0.508 e. The summed E-state index contributed by atoms with van der Waals surface area (Å²) >= 11 is 0. The molecule has 1 saturated heterocycles. The maximum Gasteiger partial charge on any atom is 0.254 e. The van der Waals surface area contributed by atoms with Crippen molar-refractivity contribution >= 4 is 11.8 Å². The van der Waals surface area contributed by atoms with Crippen molar-refractivity contribution in [2.75, 3.05) is 6.54 Å². The Morgan fingerprint density at radius 2 is 1.71 bits per heavy atom. The molecule has 1 aliphatic carbocycles. The highest BCUT2D eigenvalue weighted by Gasteiger charge is 2.57. The van der Waals surface area contributed by atoms with E-state index in [9.17, 15) is 14.7 Å². The summed E-state index contributed by atoms with van der Waals surface area (Å²) in [4.78, 5) is 26.6. The minimum Gasteiger partial charge on any atom is -0.508 e. The lowest BCUT2D eigenvalue weighted by Gasteiger charge is -2.60. The van der Waals surface area contributed by atoms with Crippen LogP contribution in [0.3, 0.4) is 0 Å². The summed E-state index contributed by atoms with van der Waals surface area (Å²) in [7, 11) is 0. The van der Waals surface area contributed by atoms with Gasteiger partial charge >= 0.3 is 0 Å². The molecule has 0 saturated carbocycles. The third kappa shape index (κ3) is 2.45. The Bertz CT molecular complexity index is 964. The molecule has 5 heteroatoms. The number of primary amides is 1. The molecule has 1 heterocycles. The quantitative estimate of drug-likeness (QED) is 0.841. The molecule has 2 amide bonds. The number of phenols is 1. The van der Waals surface area contributed by atoms with E-state index in [2.05, 4.69) is 26.8 Å². The normalized spacial score (nSPS) is 25.1. The summed E-state index contributed by atoms with van der Waals surface area (Å²) in [5.74, 6) is -0.243. The maximum absolute atomic E-state index is 13.3. The number of nitrogens with zero attached hydrogens (tertiary/aromatic N) is 1. The Morgan fingerprint density at radius 3 is 2.36 bits per heavy atom. The molecular weight excluding hydrogens is 352 g/mol. The molecule has 0 spiro atoms. The monoisotopic (exact) mass is 378 g/mol. The summed E-state index contributed by atoms with van der Waals surface area (Å²) < 4.78 is 0. The summed E-state index contributed by atoms with van der Waals surface area (Å²) in [6.07, 6.45) is 1.47. The fourth-order valence-electron chi connectivity index (χ4n) is 5.11. The number of rotatable bonds is 2. The zero-order valence-corrected chi connectivity index (χ0v) is 16.5. The fraction of sp³-hybridized carbons (Fsp3) is 0.391. The number of amides is 2. The highest BCUT2D eigenvalue weighted by molar-refractivity contribution is 5.97. The van der Waals surface area contributed by atoms with Crippen molar-refractivity contribution in [1.29, 1.82) is 0 Å². The minimum atomic E-state index is -0.506. The van der Waals surface area contributed by atoms with Gasteiger partial charge in [0.2, 0.25) is 5.91 Å². The summed E-state index contributed by atoms with van der Waals surface area (Å²) in [5, 5.41) is 10.5. The van der Waals surface area contributed by atoms with Crippen LogP contribution in [-0.2, 0) is 11.8 Å². The van der Waals surface area contributed by atoms with Crippen LogP contribution in [0.1, 0.15) is 59.0 Å². The van der Waals surface area contributed by atoms with Gasteiger partial charge < -0.3 is 15.7 Å². The predicted octanol–water partition coefficient (Wildman–Crippen LogP) is 3.25. The van der Waals surface area contributed by atoms with Crippen LogP contribution in [0.5, 0.6) is 5.75 Å². The van der Waals surface area contributed by atoms with Crippen molar-refractivity contribution in [3.8, 4) is 5.75 Å². The van der Waals surface area contributed by atoms with E-state index in [1.807, 2.05) is 11.0 Å². The second kappa shape index (κ2) is 6.09. The number of piperidine rings is 1. The van der Waals surface area contributed by atoms with Crippen LogP contribution in [0.2, 0.25) is 0 Å². The number of nitrogens with two attached hydrogens (primary N) is 1. The lowest BCUT2D eigenvalue weighted by atomic mass is 9.51. The van der Waals surface area contributed by atoms with Gasteiger partial charge in [-0.2, -0.15) is 0 Å². The minimum absolute atomic E-state index is 0.0182. The van der Waals surface area contributed by atoms with E-state index < -0.39 is 5.91 Å². The number of aromatic hydroxyl groups is 1. The Kier molecular flexibility index (Phi) is 4.03. The van der Waals surface area contributed by atoms with Crippen LogP contribution in [0.15, 0.2) is 42.5 Å². The first-order valence-corrected chi connectivity index (χ1v) is 9.69. The lowest BCUT2D eigenvalue weighted by molar-refractivity contribution is -0.0266. The topological polar surface area (TPSA) is 83.6 Å². The number of likely N-dealkylation sites (tertiary alicyclic amines) is 1. The first-order chi connectivity index (χ1) is 13.2. The third-order valence-electron chi connectivity index (χ3n) is 7.30. The van der Waals surface area contributed by atoms with Gasteiger partial charge in [-0.05, 0) is 59.7 Å². The van der Waals surface area contributed by atoms with Gasteiger partial charge in [-0.25, -0.2) is 0 Å². The van der Waals surface area contributed by atoms with E-state index in [1.54, 1.807) is 30.3 Å². The Balaban J connectivity index is 1.73. The third-order valence-corrected chi connectivity index (χ3v) is 7.30. The first kappa shape index (κ1) is 18.5. The van der Waals surface area contributed by atoms with E-state index in [0.717, 1.165) is 12.0 Å². The van der Waals surface area contributed by atoms with E-state index in [4.69, 9.17) is 5.73 Å². The highest BCUT2D eigenvalue weighted by Crippen LogP contribution is 2.57. The molecule has 0 unspecified atom stereocenters. The number of fused-ring (bicyclic) bond motifs is 4. The summed E-state index contributed by atoms with van der Waals surface area (Å²) in [6.45, 7) is 7.36. The van der Waals surface area contributed by atoms with Crippen molar-refractivity contribution in [3.05, 3.63) is 64.7 Å². The average Bonchev–Trinajstić information content (AvgIpc) is 2.65. The number of hydrogen-bond donors (Lipinski definition) is 2. The fourth-order valence-corrected chi connectivity index (χ4v) is 5.11. The molecule has 146 valence electrons. The molecule has 0 aromatic heterocycles. The van der Waals surface area contributed by atoms with Gasteiger partial charge in [-0.1, -0.05) is 32.9 Å². The number of hydrogen-bond acceptors (Lipinski definition) is 3. The van der Waals surface area contributed by atoms with Crippen molar-refractivity contribution in [2.24, 2.45) is 11.1 Å². The van der Waals surface area contributed by atoms with Crippen molar-refractivity contribution in [3.63, 3.8) is 0 Å². The SMILES string of the molecule is CC1(C)[C@H]2Cc3c(O)cccc3[C@]1(C)CCN2C(=O)c1ccc(C(N)=O)cc1. The lowest BCUT2D eigenvalue weighted by Crippen LogP contribution is -2.64. The molecular formula is C23H26N2O3. The van der Waals surface area contributed by atoms with Crippen LogP contribution in [0, 0.1) is 5.41 Å². The molecule has 1 aliphatic heterocycles. The van der Waals surface area contributed by atoms with E-state index >= 15 is 0 Å². The Hall–Kier alpha value is -2.82. The molecule has 2 aromatic carbocycles. The molecule has 28 heavy (non-hydrogen) atoms. The van der Waals surface area contributed by atoms with Gasteiger partial charge in [0.25, 0.3) is 5.91 Å². The van der Waals surface area contributed by atoms with Crippen molar-refractivity contribution in [1.82, 2.24) is 4.90 Å². The van der Waals surface area contributed by atoms with Gasteiger partial charge in [-0.15, -0.1) is 0 Å². The van der Waals surface area contributed by atoms with Gasteiger partial charge in [0.1, 0.15) is 5.75 Å². The van der Waals surface area contributed by atoms with Crippen LogP contribution in [0.4, 0.5) is 0 Å². The molecule has 5 nitrogen and oxygen atoms in total.